The molecular formula is C15H20N2O2. The zero-order chi connectivity index (χ0) is 13.8. The summed E-state index contributed by atoms with van der Waals surface area (Å²) >= 11 is 0. The lowest BCUT2D eigenvalue weighted by molar-refractivity contribution is -0.121. The Labute approximate surface area is 113 Å². The Kier molecular flexibility index (Phi) is 4.20. The van der Waals surface area contributed by atoms with Gasteiger partial charge in [-0.1, -0.05) is 19.1 Å². The van der Waals surface area contributed by atoms with Crippen LogP contribution in [0.5, 0.6) is 0 Å². The molecule has 0 saturated carbocycles. The van der Waals surface area contributed by atoms with Crippen LogP contribution in [0, 0.1) is 0 Å². The molecule has 2 N–H and O–H groups in total. The summed E-state index contributed by atoms with van der Waals surface area (Å²) in [5.74, 6) is 0.0567. The first-order valence-electron chi connectivity index (χ1n) is 6.78. The van der Waals surface area contributed by atoms with Gasteiger partial charge in [0.15, 0.2) is 0 Å². The van der Waals surface area contributed by atoms with Crippen molar-refractivity contribution in [3.63, 3.8) is 0 Å². The molecule has 2 rings (SSSR count). The van der Waals surface area contributed by atoms with E-state index in [0.29, 0.717) is 6.42 Å². The van der Waals surface area contributed by atoms with E-state index in [4.69, 9.17) is 0 Å². The number of carbonyl (C=O) groups excluding carboxylic acids is 2. The standard InChI is InChI=1S/C15H20N2O2/c1-3-15(19)17-12-7-8-13-11(9-12)5-4-6-14(13)16-10(2)18/h4-6,12H,3,7-9H2,1-2H3,(H,16,18)(H,17,19). The van der Waals surface area contributed by atoms with Gasteiger partial charge in [-0.3, -0.25) is 9.59 Å². The minimum atomic E-state index is -0.0465. The van der Waals surface area contributed by atoms with Crippen molar-refractivity contribution in [3.05, 3.63) is 29.3 Å². The summed E-state index contributed by atoms with van der Waals surface area (Å²) in [6, 6.07) is 6.18. The fourth-order valence-corrected chi connectivity index (χ4v) is 2.57. The molecule has 2 amide bonds. The second-order valence-electron chi connectivity index (χ2n) is 4.99. The molecule has 0 spiro atoms. The highest BCUT2D eigenvalue weighted by Gasteiger charge is 2.21. The average Bonchev–Trinajstić information content (AvgIpc) is 2.38. The molecule has 1 aliphatic rings. The third-order valence-electron chi connectivity index (χ3n) is 3.48. The quantitative estimate of drug-likeness (QED) is 0.873. The lowest BCUT2D eigenvalue weighted by Gasteiger charge is -2.27. The van der Waals surface area contributed by atoms with Crippen molar-refractivity contribution in [2.75, 3.05) is 5.32 Å². The van der Waals surface area contributed by atoms with Gasteiger partial charge in [0.2, 0.25) is 11.8 Å². The van der Waals surface area contributed by atoms with Crippen LogP contribution in [0.3, 0.4) is 0 Å². The van der Waals surface area contributed by atoms with Crippen LogP contribution in [0.2, 0.25) is 0 Å². The highest BCUT2D eigenvalue weighted by molar-refractivity contribution is 5.89. The molecule has 4 nitrogen and oxygen atoms in total. The van der Waals surface area contributed by atoms with E-state index < -0.39 is 0 Å². The van der Waals surface area contributed by atoms with E-state index in [9.17, 15) is 9.59 Å². The van der Waals surface area contributed by atoms with Crippen LogP contribution in [0.1, 0.15) is 37.8 Å². The van der Waals surface area contributed by atoms with Crippen molar-refractivity contribution in [1.29, 1.82) is 0 Å². The first-order valence-corrected chi connectivity index (χ1v) is 6.78. The van der Waals surface area contributed by atoms with Gasteiger partial charge in [0.05, 0.1) is 0 Å². The Morgan fingerprint density at radius 3 is 2.84 bits per heavy atom. The number of carbonyl (C=O) groups is 2. The predicted molar refractivity (Wildman–Crippen MR) is 75.0 cm³/mol. The van der Waals surface area contributed by atoms with Crippen LogP contribution >= 0.6 is 0 Å². The van der Waals surface area contributed by atoms with Crippen LogP contribution in [0.15, 0.2) is 18.2 Å². The van der Waals surface area contributed by atoms with E-state index in [0.717, 1.165) is 24.9 Å². The summed E-state index contributed by atoms with van der Waals surface area (Å²) in [5, 5.41) is 5.92. The minimum Gasteiger partial charge on any atom is -0.353 e. The fraction of sp³-hybridized carbons (Fsp3) is 0.467. The SMILES string of the molecule is CCC(=O)NC1CCc2c(cccc2NC(C)=O)C1. The number of hydrogen-bond acceptors (Lipinski definition) is 2. The topological polar surface area (TPSA) is 58.2 Å². The second kappa shape index (κ2) is 5.87. The van der Waals surface area contributed by atoms with Crippen molar-refractivity contribution >= 4 is 17.5 Å². The summed E-state index contributed by atoms with van der Waals surface area (Å²) < 4.78 is 0. The summed E-state index contributed by atoms with van der Waals surface area (Å²) in [4.78, 5) is 22.6. The molecule has 1 atom stereocenters. The van der Waals surface area contributed by atoms with Gasteiger partial charge in [0.1, 0.15) is 0 Å². The maximum atomic E-state index is 11.4. The van der Waals surface area contributed by atoms with Gasteiger partial charge in [0, 0.05) is 25.1 Å². The number of nitrogens with one attached hydrogen (secondary N) is 2. The number of rotatable bonds is 3. The van der Waals surface area contributed by atoms with Gasteiger partial charge < -0.3 is 10.6 Å². The molecule has 19 heavy (non-hydrogen) atoms. The highest BCUT2D eigenvalue weighted by Crippen LogP contribution is 2.28. The molecule has 4 heteroatoms. The van der Waals surface area contributed by atoms with Gasteiger partial charge in [-0.05, 0) is 36.5 Å². The largest absolute Gasteiger partial charge is 0.353 e. The lowest BCUT2D eigenvalue weighted by Crippen LogP contribution is -2.38. The van der Waals surface area contributed by atoms with Gasteiger partial charge in [-0.2, -0.15) is 0 Å². The third kappa shape index (κ3) is 3.34. The van der Waals surface area contributed by atoms with E-state index in [1.54, 1.807) is 0 Å². The Hall–Kier alpha value is -1.84. The molecule has 1 aromatic rings. The molecule has 0 radical (unpaired) electrons. The van der Waals surface area contributed by atoms with E-state index >= 15 is 0 Å². The molecule has 102 valence electrons. The first-order chi connectivity index (χ1) is 9.10. The van der Waals surface area contributed by atoms with E-state index in [-0.39, 0.29) is 17.9 Å². The average molecular weight is 260 g/mol. The zero-order valence-corrected chi connectivity index (χ0v) is 11.5. The van der Waals surface area contributed by atoms with Crippen LogP contribution < -0.4 is 10.6 Å². The lowest BCUT2D eigenvalue weighted by atomic mass is 9.87. The number of fused-ring (bicyclic) bond motifs is 1. The van der Waals surface area contributed by atoms with Crippen molar-refractivity contribution in [1.82, 2.24) is 5.32 Å². The Morgan fingerprint density at radius 1 is 1.37 bits per heavy atom. The fourth-order valence-electron chi connectivity index (χ4n) is 2.57. The highest BCUT2D eigenvalue weighted by atomic mass is 16.2. The van der Waals surface area contributed by atoms with E-state index in [1.165, 1.54) is 18.1 Å². The molecule has 0 aliphatic heterocycles. The molecular weight excluding hydrogens is 240 g/mol. The van der Waals surface area contributed by atoms with Crippen LogP contribution in [-0.2, 0) is 22.4 Å². The summed E-state index contributed by atoms with van der Waals surface area (Å²) in [6.45, 7) is 3.38. The normalized spacial score (nSPS) is 17.5. The molecule has 0 aromatic heterocycles. The summed E-state index contributed by atoms with van der Waals surface area (Å²) in [7, 11) is 0. The molecule has 0 saturated heterocycles. The molecule has 0 bridgehead atoms. The van der Waals surface area contributed by atoms with Gasteiger partial charge in [0.25, 0.3) is 0 Å². The van der Waals surface area contributed by atoms with Gasteiger partial charge in [-0.25, -0.2) is 0 Å². The molecule has 1 aromatic carbocycles. The van der Waals surface area contributed by atoms with Gasteiger partial charge >= 0.3 is 0 Å². The monoisotopic (exact) mass is 260 g/mol. The van der Waals surface area contributed by atoms with E-state index in [1.807, 2.05) is 19.1 Å². The van der Waals surface area contributed by atoms with Crippen LogP contribution in [0.25, 0.3) is 0 Å². The zero-order valence-electron chi connectivity index (χ0n) is 11.5. The smallest absolute Gasteiger partial charge is 0.221 e. The van der Waals surface area contributed by atoms with Crippen molar-refractivity contribution in [2.45, 2.75) is 45.6 Å². The molecule has 1 aliphatic carbocycles. The Balaban J connectivity index is 2.13. The summed E-state index contributed by atoms with van der Waals surface area (Å²) in [5.41, 5.74) is 3.34. The van der Waals surface area contributed by atoms with Gasteiger partial charge in [-0.15, -0.1) is 0 Å². The van der Waals surface area contributed by atoms with Crippen LogP contribution in [-0.4, -0.2) is 17.9 Å². The van der Waals surface area contributed by atoms with Crippen molar-refractivity contribution in [3.8, 4) is 0 Å². The van der Waals surface area contributed by atoms with E-state index in [2.05, 4.69) is 16.7 Å². The third-order valence-corrected chi connectivity index (χ3v) is 3.48. The number of anilines is 1. The van der Waals surface area contributed by atoms with Crippen LogP contribution in [0.4, 0.5) is 5.69 Å². The first kappa shape index (κ1) is 13.6. The Bertz CT molecular complexity index is 497. The molecule has 0 fully saturated rings. The minimum absolute atomic E-state index is 0.0465. The second-order valence-corrected chi connectivity index (χ2v) is 4.99. The Morgan fingerprint density at radius 2 is 2.16 bits per heavy atom. The summed E-state index contributed by atoms with van der Waals surface area (Å²) in [6.07, 6.45) is 3.18. The molecule has 0 heterocycles. The maximum absolute atomic E-state index is 11.4. The van der Waals surface area contributed by atoms with Crippen molar-refractivity contribution < 1.29 is 9.59 Å². The van der Waals surface area contributed by atoms with Crippen molar-refractivity contribution in [2.24, 2.45) is 0 Å². The predicted octanol–water partition coefficient (Wildman–Crippen LogP) is 2.03. The number of amides is 2. The number of benzene rings is 1. The maximum Gasteiger partial charge on any atom is 0.221 e. The molecule has 1 unspecified atom stereocenters. The number of hydrogen-bond donors (Lipinski definition) is 2.